The van der Waals surface area contributed by atoms with Gasteiger partial charge < -0.3 is 19.1 Å². The number of benzene rings is 2. The highest BCUT2D eigenvalue weighted by molar-refractivity contribution is 5.94. The second kappa shape index (κ2) is 8.32. The first-order valence-electron chi connectivity index (χ1n) is 7.46. The average Bonchev–Trinajstić information content (AvgIpc) is 2.61. The summed E-state index contributed by atoms with van der Waals surface area (Å²) in [4.78, 5) is 14.1. The molecule has 2 aromatic carbocycles. The summed E-state index contributed by atoms with van der Waals surface area (Å²) in [6, 6.07) is 11.5. The van der Waals surface area contributed by atoms with Gasteiger partial charge in [0.25, 0.3) is 5.91 Å². The molecule has 0 unspecified atom stereocenters. The zero-order valence-electron chi connectivity index (χ0n) is 14.2. The van der Waals surface area contributed by atoms with Crippen molar-refractivity contribution in [2.24, 2.45) is 0 Å². The molecule has 0 spiro atoms. The van der Waals surface area contributed by atoms with Gasteiger partial charge in [0.05, 0.1) is 14.2 Å². The van der Waals surface area contributed by atoms with E-state index in [9.17, 15) is 13.6 Å². The van der Waals surface area contributed by atoms with E-state index in [1.54, 1.807) is 14.2 Å². The molecule has 1 amide bonds. The molecule has 0 radical (unpaired) electrons. The lowest BCUT2D eigenvalue weighted by Gasteiger charge is -2.19. The lowest BCUT2D eigenvalue weighted by Crippen LogP contribution is -2.26. The maximum absolute atomic E-state index is 12.6. The molecule has 0 saturated heterocycles. The number of carbonyl (C=O) groups is 1. The standard InChI is InChI=1S/C18H19F2NO4/c1-21(11-13-6-4-5-7-14(13)23-2)17(22)12-8-9-15(25-18(19)20)16(10-12)24-3/h4-10,18H,11H2,1-3H3. The van der Waals surface area contributed by atoms with Crippen molar-refractivity contribution in [3.05, 3.63) is 53.6 Å². The van der Waals surface area contributed by atoms with Crippen LogP contribution in [0.2, 0.25) is 0 Å². The van der Waals surface area contributed by atoms with Crippen molar-refractivity contribution in [1.29, 1.82) is 0 Å². The molecule has 25 heavy (non-hydrogen) atoms. The molecule has 2 aromatic rings. The molecule has 0 atom stereocenters. The maximum atomic E-state index is 12.6. The molecule has 0 bridgehead atoms. The molecule has 5 nitrogen and oxygen atoms in total. The number of rotatable bonds is 7. The van der Waals surface area contributed by atoms with Crippen LogP contribution in [-0.4, -0.2) is 38.7 Å². The summed E-state index contributed by atoms with van der Waals surface area (Å²) in [5.41, 5.74) is 1.15. The van der Waals surface area contributed by atoms with Crippen LogP contribution < -0.4 is 14.2 Å². The predicted octanol–water partition coefficient (Wildman–Crippen LogP) is 3.58. The highest BCUT2D eigenvalue weighted by atomic mass is 19.3. The van der Waals surface area contributed by atoms with Gasteiger partial charge >= 0.3 is 6.61 Å². The zero-order chi connectivity index (χ0) is 18.4. The third kappa shape index (κ3) is 4.59. The van der Waals surface area contributed by atoms with E-state index in [0.29, 0.717) is 17.9 Å². The third-order valence-electron chi connectivity index (χ3n) is 3.57. The van der Waals surface area contributed by atoms with Gasteiger partial charge in [0.2, 0.25) is 0 Å². The highest BCUT2D eigenvalue weighted by Crippen LogP contribution is 2.30. The number of halogens is 2. The van der Waals surface area contributed by atoms with Crippen LogP contribution >= 0.6 is 0 Å². The van der Waals surface area contributed by atoms with E-state index in [1.165, 1.54) is 30.2 Å². The van der Waals surface area contributed by atoms with Crippen molar-refractivity contribution in [1.82, 2.24) is 4.90 Å². The predicted molar refractivity (Wildman–Crippen MR) is 88.4 cm³/mol. The van der Waals surface area contributed by atoms with Gasteiger partial charge in [-0.25, -0.2) is 0 Å². The Morgan fingerprint density at radius 3 is 2.36 bits per heavy atom. The first-order chi connectivity index (χ1) is 12.0. The molecule has 0 N–H and O–H groups in total. The van der Waals surface area contributed by atoms with Gasteiger partial charge in [-0.05, 0) is 24.3 Å². The molecule has 134 valence electrons. The van der Waals surface area contributed by atoms with Crippen molar-refractivity contribution in [2.45, 2.75) is 13.2 Å². The summed E-state index contributed by atoms with van der Waals surface area (Å²) in [7, 11) is 4.53. The molecule has 0 aliphatic carbocycles. The van der Waals surface area contributed by atoms with Crippen LogP contribution in [0.1, 0.15) is 15.9 Å². The Bertz CT molecular complexity index is 737. The number of nitrogens with zero attached hydrogens (tertiary/aromatic N) is 1. The smallest absolute Gasteiger partial charge is 0.387 e. The molecule has 0 aliphatic heterocycles. The van der Waals surface area contributed by atoms with Crippen LogP contribution in [0.25, 0.3) is 0 Å². The largest absolute Gasteiger partial charge is 0.496 e. The van der Waals surface area contributed by atoms with Gasteiger partial charge in [-0.3, -0.25) is 4.79 Å². The van der Waals surface area contributed by atoms with E-state index in [1.807, 2.05) is 24.3 Å². The number of alkyl halides is 2. The summed E-state index contributed by atoms with van der Waals surface area (Å²) in [6.07, 6.45) is 0. The highest BCUT2D eigenvalue weighted by Gasteiger charge is 2.17. The molecule has 0 fully saturated rings. The third-order valence-corrected chi connectivity index (χ3v) is 3.57. The van der Waals surface area contributed by atoms with E-state index >= 15 is 0 Å². The number of para-hydroxylation sites is 1. The normalized spacial score (nSPS) is 10.5. The summed E-state index contributed by atoms with van der Waals surface area (Å²) in [6.45, 7) is -2.64. The fourth-order valence-electron chi connectivity index (χ4n) is 2.38. The monoisotopic (exact) mass is 351 g/mol. The van der Waals surface area contributed by atoms with Gasteiger partial charge in [-0.2, -0.15) is 8.78 Å². The number of hydrogen-bond donors (Lipinski definition) is 0. The van der Waals surface area contributed by atoms with Crippen molar-refractivity contribution in [3.8, 4) is 17.2 Å². The quantitative estimate of drug-likeness (QED) is 0.765. The van der Waals surface area contributed by atoms with Crippen molar-refractivity contribution in [2.75, 3.05) is 21.3 Å². The van der Waals surface area contributed by atoms with Crippen LogP contribution in [0, 0.1) is 0 Å². The van der Waals surface area contributed by atoms with Gasteiger partial charge in [0, 0.05) is 24.7 Å². The SMILES string of the molecule is COc1ccccc1CN(C)C(=O)c1ccc(OC(F)F)c(OC)c1. The molecule has 2 rings (SSSR count). The van der Waals surface area contributed by atoms with Gasteiger partial charge in [0.15, 0.2) is 11.5 Å². The van der Waals surface area contributed by atoms with E-state index in [4.69, 9.17) is 9.47 Å². The minimum atomic E-state index is -2.97. The molecular weight excluding hydrogens is 332 g/mol. The van der Waals surface area contributed by atoms with E-state index in [2.05, 4.69) is 4.74 Å². The second-order valence-corrected chi connectivity index (χ2v) is 5.22. The van der Waals surface area contributed by atoms with Crippen LogP contribution in [0.15, 0.2) is 42.5 Å². The Kier molecular flexibility index (Phi) is 6.16. The number of methoxy groups -OCH3 is 2. The Hall–Kier alpha value is -2.83. The maximum Gasteiger partial charge on any atom is 0.387 e. The fraction of sp³-hybridized carbons (Fsp3) is 0.278. The average molecular weight is 351 g/mol. The Morgan fingerprint density at radius 1 is 1.04 bits per heavy atom. The Labute approximate surface area is 144 Å². The minimum Gasteiger partial charge on any atom is -0.496 e. The summed E-state index contributed by atoms with van der Waals surface area (Å²) in [5, 5.41) is 0. The zero-order valence-corrected chi connectivity index (χ0v) is 14.2. The molecular formula is C18H19F2NO4. The number of ether oxygens (including phenoxy) is 3. The summed E-state index contributed by atoms with van der Waals surface area (Å²) < 4.78 is 39.4. The van der Waals surface area contributed by atoms with Crippen LogP contribution in [-0.2, 0) is 6.54 Å². The first kappa shape index (κ1) is 18.5. The van der Waals surface area contributed by atoms with E-state index in [0.717, 1.165) is 5.56 Å². The van der Waals surface area contributed by atoms with Crippen LogP contribution in [0.4, 0.5) is 8.78 Å². The lowest BCUT2D eigenvalue weighted by atomic mass is 10.1. The number of carbonyl (C=O) groups excluding carboxylic acids is 1. The van der Waals surface area contributed by atoms with Gasteiger partial charge in [-0.15, -0.1) is 0 Å². The number of hydrogen-bond acceptors (Lipinski definition) is 4. The van der Waals surface area contributed by atoms with Gasteiger partial charge in [0.1, 0.15) is 5.75 Å². The Morgan fingerprint density at radius 2 is 1.72 bits per heavy atom. The topological polar surface area (TPSA) is 48.0 Å². The van der Waals surface area contributed by atoms with Gasteiger partial charge in [-0.1, -0.05) is 18.2 Å². The fourth-order valence-corrected chi connectivity index (χ4v) is 2.38. The summed E-state index contributed by atoms with van der Waals surface area (Å²) >= 11 is 0. The minimum absolute atomic E-state index is 0.0665. The molecule has 0 heterocycles. The Balaban J connectivity index is 2.19. The molecule has 0 aromatic heterocycles. The van der Waals surface area contributed by atoms with Crippen molar-refractivity contribution < 1.29 is 27.8 Å². The van der Waals surface area contributed by atoms with E-state index < -0.39 is 6.61 Å². The lowest BCUT2D eigenvalue weighted by molar-refractivity contribution is -0.0512. The molecule has 7 heteroatoms. The molecule has 0 saturated carbocycles. The van der Waals surface area contributed by atoms with Crippen molar-refractivity contribution >= 4 is 5.91 Å². The van der Waals surface area contributed by atoms with Crippen LogP contribution in [0.3, 0.4) is 0 Å². The van der Waals surface area contributed by atoms with E-state index in [-0.39, 0.29) is 17.4 Å². The second-order valence-electron chi connectivity index (χ2n) is 5.22. The molecule has 0 aliphatic rings. The number of amides is 1. The van der Waals surface area contributed by atoms with Crippen molar-refractivity contribution in [3.63, 3.8) is 0 Å². The van der Waals surface area contributed by atoms with Crippen LogP contribution in [0.5, 0.6) is 17.2 Å². The first-order valence-corrected chi connectivity index (χ1v) is 7.46. The summed E-state index contributed by atoms with van der Waals surface area (Å²) in [5.74, 6) is 0.339.